The average molecular weight is 490 g/mol. The lowest BCUT2D eigenvalue weighted by molar-refractivity contribution is 0.0949. The molecular formula is C24H28ClN3O4S. The minimum atomic E-state index is -3.76. The van der Waals surface area contributed by atoms with E-state index in [1.807, 2.05) is 13.8 Å². The van der Waals surface area contributed by atoms with Gasteiger partial charge in [0.15, 0.2) is 0 Å². The molecule has 2 fully saturated rings. The number of piperidine rings is 1. The Balaban J connectivity index is 1.54. The van der Waals surface area contributed by atoms with Crippen LogP contribution in [0, 0.1) is 11.8 Å². The molecule has 1 aliphatic carbocycles. The van der Waals surface area contributed by atoms with Gasteiger partial charge in [0.05, 0.1) is 15.5 Å². The first-order valence-electron chi connectivity index (χ1n) is 11.2. The van der Waals surface area contributed by atoms with Crippen molar-refractivity contribution in [2.75, 3.05) is 18.4 Å². The highest BCUT2D eigenvalue weighted by Crippen LogP contribution is 2.29. The molecule has 1 saturated heterocycles. The Bertz CT molecular complexity index is 1170. The van der Waals surface area contributed by atoms with Crippen molar-refractivity contribution < 1.29 is 18.0 Å². The van der Waals surface area contributed by atoms with Crippen LogP contribution >= 0.6 is 11.6 Å². The van der Waals surface area contributed by atoms with Crippen molar-refractivity contribution in [2.45, 2.75) is 44.0 Å². The van der Waals surface area contributed by atoms with Gasteiger partial charge < -0.3 is 10.6 Å². The Morgan fingerprint density at radius 1 is 1.00 bits per heavy atom. The first kappa shape index (κ1) is 23.7. The Morgan fingerprint density at radius 2 is 1.70 bits per heavy atom. The number of rotatable bonds is 6. The summed E-state index contributed by atoms with van der Waals surface area (Å²) >= 11 is 6.25. The fourth-order valence-corrected chi connectivity index (χ4v) is 6.13. The quantitative estimate of drug-likeness (QED) is 0.637. The molecule has 2 aromatic rings. The molecule has 0 radical (unpaired) electrons. The van der Waals surface area contributed by atoms with E-state index < -0.39 is 15.9 Å². The monoisotopic (exact) mass is 489 g/mol. The highest BCUT2D eigenvalue weighted by atomic mass is 35.5. The molecule has 7 nitrogen and oxygen atoms in total. The molecule has 1 saturated carbocycles. The molecule has 0 spiro atoms. The van der Waals surface area contributed by atoms with Crippen molar-refractivity contribution >= 4 is 39.1 Å². The number of carbonyl (C=O) groups excluding carboxylic acids is 2. The number of carbonyl (C=O) groups is 2. The van der Waals surface area contributed by atoms with Crippen LogP contribution in [-0.2, 0) is 10.0 Å². The molecule has 2 atom stereocenters. The lowest BCUT2D eigenvalue weighted by Crippen LogP contribution is -2.42. The smallest absolute Gasteiger partial charge is 0.257 e. The van der Waals surface area contributed by atoms with Gasteiger partial charge in [-0.3, -0.25) is 9.59 Å². The van der Waals surface area contributed by atoms with Gasteiger partial charge in [0, 0.05) is 30.4 Å². The Labute approximate surface area is 199 Å². The van der Waals surface area contributed by atoms with Gasteiger partial charge in [0.2, 0.25) is 10.0 Å². The van der Waals surface area contributed by atoms with Crippen LogP contribution in [0.4, 0.5) is 5.69 Å². The summed E-state index contributed by atoms with van der Waals surface area (Å²) in [5.41, 5.74) is 0.922. The second-order valence-electron chi connectivity index (χ2n) is 9.19. The third kappa shape index (κ3) is 5.57. The largest absolute Gasteiger partial charge is 0.349 e. The van der Waals surface area contributed by atoms with Gasteiger partial charge in [-0.25, -0.2) is 8.42 Å². The van der Waals surface area contributed by atoms with Crippen molar-refractivity contribution in [3.63, 3.8) is 0 Å². The standard InChI is InChI=1S/C24H28ClN3O4S/c1-15-10-16(2)14-28(13-15)33(31,32)20-8-9-22(25)21(12-20)24(30)27-19-5-3-4-17(11-19)23(29)26-18-6-7-18/h3-5,8-9,11-12,15-16,18H,6-7,10,13-14H2,1-2H3,(H,26,29)(H,27,30)/t15-,16-/m0/s1. The van der Waals surface area contributed by atoms with E-state index in [-0.39, 0.29) is 39.3 Å². The Kier molecular flexibility index (Phi) is 6.79. The molecule has 1 heterocycles. The maximum absolute atomic E-state index is 13.2. The fraction of sp³-hybridized carbons (Fsp3) is 0.417. The van der Waals surface area contributed by atoms with Crippen LogP contribution in [0.15, 0.2) is 47.4 Å². The molecule has 2 aliphatic rings. The number of anilines is 1. The number of halogens is 1. The van der Waals surface area contributed by atoms with Crippen LogP contribution in [0.1, 0.15) is 53.8 Å². The molecule has 2 N–H and O–H groups in total. The maximum Gasteiger partial charge on any atom is 0.257 e. The zero-order valence-electron chi connectivity index (χ0n) is 18.7. The highest BCUT2D eigenvalue weighted by Gasteiger charge is 2.32. The second kappa shape index (κ2) is 9.44. The number of nitrogens with one attached hydrogen (secondary N) is 2. The van der Waals surface area contributed by atoms with Crippen molar-refractivity contribution in [1.29, 1.82) is 0 Å². The first-order valence-corrected chi connectivity index (χ1v) is 13.0. The van der Waals surface area contributed by atoms with E-state index in [9.17, 15) is 18.0 Å². The average Bonchev–Trinajstić information content (AvgIpc) is 3.57. The maximum atomic E-state index is 13.2. The summed E-state index contributed by atoms with van der Waals surface area (Å²) in [4.78, 5) is 25.3. The van der Waals surface area contributed by atoms with Crippen LogP contribution < -0.4 is 10.6 Å². The van der Waals surface area contributed by atoms with Gasteiger partial charge in [0.25, 0.3) is 11.8 Å². The van der Waals surface area contributed by atoms with E-state index in [4.69, 9.17) is 11.6 Å². The van der Waals surface area contributed by atoms with Crippen molar-refractivity contribution in [3.8, 4) is 0 Å². The number of amides is 2. The molecule has 0 bridgehead atoms. The molecular weight excluding hydrogens is 462 g/mol. The van der Waals surface area contributed by atoms with E-state index in [0.717, 1.165) is 19.3 Å². The zero-order valence-corrected chi connectivity index (χ0v) is 20.2. The summed E-state index contributed by atoms with van der Waals surface area (Å²) in [6.07, 6.45) is 2.95. The van der Waals surface area contributed by atoms with Gasteiger partial charge in [-0.2, -0.15) is 4.31 Å². The molecule has 2 aromatic carbocycles. The predicted molar refractivity (Wildman–Crippen MR) is 128 cm³/mol. The molecule has 33 heavy (non-hydrogen) atoms. The summed E-state index contributed by atoms with van der Waals surface area (Å²) in [6, 6.07) is 11.0. The van der Waals surface area contributed by atoms with Crippen molar-refractivity contribution in [3.05, 3.63) is 58.6 Å². The molecule has 0 aromatic heterocycles. The molecule has 1 aliphatic heterocycles. The van der Waals surface area contributed by atoms with Crippen LogP contribution in [0.3, 0.4) is 0 Å². The molecule has 9 heteroatoms. The molecule has 176 valence electrons. The summed E-state index contributed by atoms with van der Waals surface area (Å²) in [6.45, 7) is 4.98. The van der Waals surface area contributed by atoms with E-state index in [1.165, 1.54) is 22.5 Å². The number of hydrogen-bond acceptors (Lipinski definition) is 4. The fourth-order valence-electron chi connectivity index (χ4n) is 4.22. The molecule has 0 unspecified atom stereocenters. The van der Waals surface area contributed by atoms with E-state index >= 15 is 0 Å². The highest BCUT2D eigenvalue weighted by molar-refractivity contribution is 7.89. The predicted octanol–water partition coefficient (Wildman–Crippen LogP) is 4.15. The first-order chi connectivity index (χ1) is 15.6. The van der Waals surface area contributed by atoms with Crippen molar-refractivity contribution in [2.24, 2.45) is 11.8 Å². The van der Waals surface area contributed by atoms with Crippen LogP contribution in [0.25, 0.3) is 0 Å². The van der Waals surface area contributed by atoms with Gasteiger partial charge in [-0.1, -0.05) is 31.5 Å². The van der Waals surface area contributed by atoms with Gasteiger partial charge in [0.1, 0.15) is 0 Å². The van der Waals surface area contributed by atoms with Gasteiger partial charge in [-0.05, 0) is 67.5 Å². The lowest BCUT2D eigenvalue weighted by atomic mass is 9.94. The van der Waals surface area contributed by atoms with Gasteiger partial charge >= 0.3 is 0 Å². The van der Waals surface area contributed by atoms with Crippen LogP contribution in [0.5, 0.6) is 0 Å². The number of benzene rings is 2. The summed E-state index contributed by atoms with van der Waals surface area (Å²) < 4.78 is 28.0. The van der Waals surface area contributed by atoms with Crippen LogP contribution in [0.2, 0.25) is 5.02 Å². The number of hydrogen-bond donors (Lipinski definition) is 2. The minimum Gasteiger partial charge on any atom is -0.349 e. The summed E-state index contributed by atoms with van der Waals surface area (Å²) in [5.74, 6) is -0.201. The van der Waals surface area contributed by atoms with Gasteiger partial charge in [-0.15, -0.1) is 0 Å². The van der Waals surface area contributed by atoms with E-state index in [2.05, 4.69) is 10.6 Å². The number of sulfonamides is 1. The zero-order chi connectivity index (χ0) is 23.8. The topological polar surface area (TPSA) is 95.6 Å². The minimum absolute atomic E-state index is 0.0379. The Morgan fingerprint density at radius 3 is 2.36 bits per heavy atom. The SMILES string of the molecule is C[C@H]1C[C@H](C)CN(S(=O)(=O)c2ccc(Cl)c(C(=O)Nc3cccc(C(=O)NC4CC4)c3)c2)C1. The van der Waals surface area contributed by atoms with E-state index in [0.29, 0.717) is 24.3 Å². The summed E-state index contributed by atoms with van der Waals surface area (Å²) in [5, 5.41) is 5.78. The summed E-state index contributed by atoms with van der Waals surface area (Å²) in [7, 11) is -3.76. The van der Waals surface area contributed by atoms with Crippen LogP contribution in [-0.4, -0.2) is 43.7 Å². The molecule has 2 amide bonds. The molecule has 4 rings (SSSR count). The Hall–Kier alpha value is -2.42. The second-order valence-corrected chi connectivity index (χ2v) is 11.5. The normalized spacial score (nSPS) is 21.4. The third-order valence-corrected chi connectivity index (χ3v) is 8.11. The van der Waals surface area contributed by atoms with E-state index in [1.54, 1.807) is 24.3 Å². The third-order valence-electron chi connectivity index (χ3n) is 5.95. The number of nitrogens with zero attached hydrogens (tertiary/aromatic N) is 1. The lowest BCUT2D eigenvalue weighted by Gasteiger charge is -2.34. The van der Waals surface area contributed by atoms with Crippen molar-refractivity contribution in [1.82, 2.24) is 9.62 Å².